The normalized spacial score (nSPS) is 28.9. The van der Waals surface area contributed by atoms with Gasteiger partial charge in [0.1, 0.15) is 5.78 Å². The summed E-state index contributed by atoms with van der Waals surface area (Å²) in [7, 11) is 0. The molecule has 14 heavy (non-hydrogen) atoms. The topological polar surface area (TPSA) is 60.2 Å². The van der Waals surface area contributed by atoms with Crippen LogP contribution in [0.25, 0.3) is 0 Å². The fourth-order valence-electron chi connectivity index (χ4n) is 2.34. The molecule has 0 aromatic carbocycles. The van der Waals surface area contributed by atoms with Crippen molar-refractivity contribution in [3.8, 4) is 0 Å². The van der Waals surface area contributed by atoms with Crippen molar-refractivity contribution in [1.82, 2.24) is 0 Å². The Kier molecular flexibility index (Phi) is 2.98. The Balaban J connectivity index is 2.83. The molecule has 0 bridgehead atoms. The Morgan fingerprint density at radius 3 is 2.43 bits per heavy atom. The third-order valence-electron chi connectivity index (χ3n) is 3.15. The molecule has 1 aliphatic rings. The minimum atomic E-state index is -0.321. The van der Waals surface area contributed by atoms with E-state index in [0.717, 1.165) is 6.42 Å². The quantitative estimate of drug-likeness (QED) is 0.692. The first-order chi connectivity index (χ1) is 6.32. The van der Waals surface area contributed by atoms with Crippen LogP contribution < -0.4 is 5.73 Å². The Morgan fingerprint density at radius 1 is 1.43 bits per heavy atom. The molecular weight excluding hydrogens is 178 g/mol. The summed E-state index contributed by atoms with van der Waals surface area (Å²) in [6.07, 6.45) is 1.75. The first kappa shape index (κ1) is 11.2. The van der Waals surface area contributed by atoms with Crippen LogP contribution in [0.3, 0.4) is 0 Å². The lowest BCUT2D eigenvalue weighted by Crippen LogP contribution is -2.41. The van der Waals surface area contributed by atoms with Crippen LogP contribution in [-0.4, -0.2) is 11.7 Å². The smallest absolute Gasteiger partial charge is 0.221 e. The van der Waals surface area contributed by atoms with Crippen LogP contribution in [0, 0.1) is 17.3 Å². The molecule has 1 fully saturated rings. The molecule has 0 aliphatic heterocycles. The monoisotopic (exact) mass is 197 g/mol. The highest BCUT2D eigenvalue weighted by Crippen LogP contribution is 2.40. The standard InChI is InChI=1S/C11H19NO2/c1-11(2,3)9-5-4-7(13)6-8(9)10(12)14/h8-9H,4-6H2,1-3H3,(H2,12,14). The highest BCUT2D eigenvalue weighted by atomic mass is 16.1. The summed E-state index contributed by atoms with van der Waals surface area (Å²) in [5.41, 5.74) is 5.38. The lowest BCUT2D eigenvalue weighted by atomic mass is 9.66. The predicted molar refractivity (Wildman–Crippen MR) is 54.5 cm³/mol. The largest absolute Gasteiger partial charge is 0.369 e. The van der Waals surface area contributed by atoms with Crippen LogP contribution in [0.2, 0.25) is 0 Å². The number of carbonyl (C=O) groups is 2. The van der Waals surface area contributed by atoms with Gasteiger partial charge in [0.25, 0.3) is 0 Å². The molecule has 0 heterocycles. The van der Waals surface area contributed by atoms with E-state index in [2.05, 4.69) is 20.8 Å². The minimum Gasteiger partial charge on any atom is -0.369 e. The number of hydrogen-bond donors (Lipinski definition) is 1. The van der Waals surface area contributed by atoms with E-state index in [1.54, 1.807) is 0 Å². The number of hydrogen-bond acceptors (Lipinski definition) is 2. The highest BCUT2D eigenvalue weighted by Gasteiger charge is 2.39. The molecule has 1 aliphatic carbocycles. The van der Waals surface area contributed by atoms with E-state index in [9.17, 15) is 9.59 Å². The van der Waals surface area contributed by atoms with Crippen molar-refractivity contribution >= 4 is 11.7 Å². The van der Waals surface area contributed by atoms with Gasteiger partial charge < -0.3 is 5.73 Å². The number of carbonyl (C=O) groups excluding carboxylic acids is 2. The summed E-state index contributed by atoms with van der Waals surface area (Å²) in [6.45, 7) is 6.30. The van der Waals surface area contributed by atoms with E-state index >= 15 is 0 Å². The number of primary amides is 1. The number of amides is 1. The van der Waals surface area contributed by atoms with E-state index in [4.69, 9.17) is 5.73 Å². The van der Waals surface area contributed by atoms with Crippen LogP contribution in [0.1, 0.15) is 40.0 Å². The number of nitrogens with two attached hydrogens (primary N) is 1. The summed E-state index contributed by atoms with van der Waals surface area (Å²) >= 11 is 0. The van der Waals surface area contributed by atoms with Crippen molar-refractivity contribution < 1.29 is 9.59 Å². The molecule has 1 amide bonds. The fraction of sp³-hybridized carbons (Fsp3) is 0.818. The second-order valence-electron chi connectivity index (χ2n) is 5.26. The Morgan fingerprint density at radius 2 is 2.00 bits per heavy atom. The summed E-state index contributed by atoms with van der Waals surface area (Å²) in [5, 5.41) is 0. The molecule has 1 saturated carbocycles. The zero-order valence-electron chi connectivity index (χ0n) is 9.17. The third kappa shape index (κ3) is 2.34. The predicted octanol–water partition coefficient (Wildman–Crippen LogP) is 1.50. The molecule has 2 N–H and O–H groups in total. The molecule has 3 heteroatoms. The SMILES string of the molecule is CC(C)(C)C1CCC(=O)CC1C(N)=O. The van der Waals surface area contributed by atoms with Gasteiger partial charge in [-0.25, -0.2) is 0 Å². The third-order valence-corrected chi connectivity index (χ3v) is 3.15. The van der Waals surface area contributed by atoms with Crippen LogP contribution in [0.4, 0.5) is 0 Å². The maximum Gasteiger partial charge on any atom is 0.221 e. The van der Waals surface area contributed by atoms with Gasteiger partial charge in [-0.1, -0.05) is 20.8 Å². The van der Waals surface area contributed by atoms with Crippen LogP contribution in [-0.2, 0) is 9.59 Å². The molecule has 2 unspecified atom stereocenters. The van der Waals surface area contributed by atoms with Crippen molar-refractivity contribution in [2.24, 2.45) is 23.0 Å². The molecule has 0 saturated heterocycles. The zero-order chi connectivity index (χ0) is 10.9. The van der Waals surface area contributed by atoms with E-state index in [1.807, 2.05) is 0 Å². The summed E-state index contributed by atoms with van der Waals surface area (Å²) in [5.74, 6) is -0.152. The summed E-state index contributed by atoms with van der Waals surface area (Å²) < 4.78 is 0. The average Bonchev–Trinajstić information content (AvgIpc) is 2.01. The van der Waals surface area contributed by atoms with Gasteiger partial charge in [-0.2, -0.15) is 0 Å². The number of rotatable bonds is 1. The van der Waals surface area contributed by atoms with E-state index in [0.29, 0.717) is 12.8 Å². The lowest BCUT2D eigenvalue weighted by molar-refractivity contribution is -0.134. The van der Waals surface area contributed by atoms with Gasteiger partial charge in [0.05, 0.1) is 0 Å². The van der Waals surface area contributed by atoms with E-state index < -0.39 is 0 Å². The van der Waals surface area contributed by atoms with Crippen LogP contribution in [0.15, 0.2) is 0 Å². The molecule has 2 atom stereocenters. The van der Waals surface area contributed by atoms with Crippen molar-refractivity contribution in [2.45, 2.75) is 40.0 Å². The van der Waals surface area contributed by atoms with Crippen molar-refractivity contribution in [3.05, 3.63) is 0 Å². The van der Waals surface area contributed by atoms with Gasteiger partial charge in [0, 0.05) is 18.8 Å². The second kappa shape index (κ2) is 3.71. The fourth-order valence-corrected chi connectivity index (χ4v) is 2.34. The maximum atomic E-state index is 11.2. The van der Waals surface area contributed by atoms with Gasteiger partial charge >= 0.3 is 0 Å². The molecule has 3 nitrogen and oxygen atoms in total. The Labute approximate surface area is 85.0 Å². The van der Waals surface area contributed by atoms with Gasteiger partial charge in [0.2, 0.25) is 5.91 Å². The summed E-state index contributed by atoms with van der Waals surface area (Å²) in [4.78, 5) is 22.5. The molecule has 0 radical (unpaired) electrons. The molecule has 0 aromatic rings. The van der Waals surface area contributed by atoms with E-state index in [1.165, 1.54) is 0 Å². The average molecular weight is 197 g/mol. The minimum absolute atomic E-state index is 0.0559. The van der Waals surface area contributed by atoms with Gasteiger partial charge in [0.15, 0.2) is 0 Å². The molecule has 0 aromatic heterocycles. The van der Waals surface area contributed by atoms with Crippen LogP contribution >= 0.6 is 0 Å². The first-order valence-electron chi connectivity index (χ1n) is 5.13. The molecule has 80 valence electrons. The number of ketones is 1. The lowest BCUT2D eigenvalue weighted by Gasteiger charge is -2.38. The first-order valence-corrected chi connectivity index (χ1v) is 5.13. The molecule has 0 spiro atoms. The Hall–Kier alpha value is -0.860. The summed E-state index contributed by atoms with van der Waals surface area (Å²) in [6, 6.07) is 0. The maximum absolute atomic E-state index is 11.2. The van der Waals surface area contributed by atoms with Gasteiger partial charge in [-0.15, -0.1) is 0 Å². The highest BCUT2D eigenvalue weighted by molar-refractivity contribution is 5.87. The van der Waals surface area contributed by atoms with Crippen molar-refractivity contribution in [3.63, 3.8) is 0 Å². The van der Waals surface area contributed by atoms with E-state index in [-0.39, 0.29) is 28.9 Å². The number of Topliss-reactive ketones (excluding diaryl/α,β-unsaturated/α-hetero) is 1. The van der Waals surface area contributed by atoms with Crippen molar-refractivity contribution in [1.29, 1.82) is 0 Å². The van der Waals surface area contributed by atoms with Gasteiger partial charge in [-0.05, 0) is 17.8 Å². The van der Waals surface area contributed by atoms with Gasteiger partial charge in [-0.3, -0.25) is 9.59 Å². The second-order valence-corrected chi connectivity index (χ2v) is 5.26. The van der Waals surface area contributed by atoms with Crippen molar-refractivity contribution in [2.75, 3.05) is 0 Å². The molecular formula is C11H19NO2. The van der Waals surface area contributed by atoms with Crippen LogP contribution in [0.5, 0.6) is 0 Å². The Bertz CT molecular complexity index is 253. The zero-order valence-corrected chi connectivity index (χ0v) is 9.17. The molecule has 1 rings (SSSR count).